The molecular weight excluding hydrogens is 316 g/mol. The molecule has 0 bridgehead atoms. The van der Waals surface area contributed by atoms with Gasteiger partial charge in [-0.3, -0.25) is 4.90 Å². The lowest BCUT2D eigenvalue weighted by atomic mass is 9.83. The van der Waals surface area contributed by atoms with Crippen LogP contribution in [0.4, 0.5) is 0 Å². The number of likely N-dealkylation sites (tertiary alicyclic amines) is 1. The van der Waals surface area contributed by atoms with Crippen LogP contribution in [0.5, 0.6) is 0 Å². The summed E-state index contributed by atoms with van der Waals surface area (Å²) in [6.45, 7) is 7.43. The first-order chi connectivity index (χ1) is 10.9. The molecule has 1 atom stereocenters. The number of nitrogens with one attached hydrogen (secondary N) is 1. The minimum Gasteiger partial charge on any atom is -0.465 e. The maximum absolute atomic E-state index is 11.5. The lowest BCUT2D eigenvalue weighted by Crippen LogP contribution is -2.64. The largest absolute Gasteiger partial charge is 0.465 e. The van der Waals surface area contributed by atoms with Crippen LogP contribution in [0.1, 0.15) is 31.3 Å². The second-order valence-electron chi connectivity index (χ2n) is 6.81. The smallest absolute Gasteiger partial charge is 0.211 e. The highest BCUT2D eigenvalue weighted by Gasteiger charge is 2.46. The monoisotopic (exact) mass is 342 g/mol. The summed E-state index contributed by atoms with van der Waals surface area (Å²) in [7, 11) is -3.10. The first kappa shape index (κ1) is 17.0. The van der Waals surface area contributed by atoms with Gasteiger partial charge in [0, 0.05) is 19.6 Å². The van der Waals surface area contributed by atoms with Gasteiger partial charge in [0.2, 0.25) is 10.0 Å². The molecule has 3 rings (SSSR count). The van der Waals surface area contributed by atoms with Gasteiger partial charge in [-0.2, -0.15) is 0 Å². The lowest BCUT2D eigenvalue weighted by Gasteiger charge is -2.52. The van der Waals surface area contributed by atoms with Crippen LogP contribution in [0.15, 0.2) is 16.5 Å². The number of aryl methyl sites for hydroxylation is 1. The van der Waals surface area contributed by atoms with Crippen molar-refractivity contribution in [3.05, 3.63) is 23.7 Å². The van der Waals surface area contributed by atoms with Crippen molar-refractivity contribution in [2.75, 3.05) is 32.0 Å². The molecule has 1 N–H and O–H groups in total. The molecule has 6 nitrogen and oxygen atoms in total. The van der Waals surface area contributed by atoms with Gasteiger partial charge in [0.15, 0.2) is 0 Å². The SMILES string of the molecule is CCS(=O)(=O)NCC1CCC2(CN(Cc3ccc(C)o3)C2)OC1. The van der Waals surface area contributed by atoms with Gasteiger partial charge in [0.1, 0.15) is 11.5 Å². The predicted octanol–water partition coefficient (Wildman–Crippen LogP) is 1.51. The van der Waals surface area contributed by atoms with Crippen LogP contribution in [0.25, 0.3) is 0 Å². The van der Waals surface area contributed by atoms with Crippen LogP contribution in [-0.4, -0.2) is 50.9 Å². The van der Waals surface area contributed by atoms with E-state index in [1.165, 1.54) is 0 Å². The van der Waals surface area contributed by atoms with Gasteiger partial charge in [-0.1, -0.05) is 0 Å². The molecular formula is C16H26N2O4S. The first-order valence-corrected chi connectivity index (χ1v) is 9.94. The summed E-state index contributed by atoms with van der Waals surface area (Å²) in [5.41, 5.74) is -0.0260. The quantitative estimate of drug-likeness (QED) is 0.848. The number of hydrogen-bond donors (Lipinski definition) is 1. The Hall–Kier alpha value is -0.890. The third-order valence-electron chi connectivity index (χ3n) is 4.80. The molecule has 2 aliphatic heterocycles. The van der Waals surface area contributed by atoms with Gasteiger partial charge in [-0.15, -0.1) is 0 Å². The van der Waals surface area contributed by atoms with E-state index in [-0.39, 0.29) is 17.3 Å². The van der Waals surface area contributed by atoms with Crippen molar-refractivity contribution in [1.29, 1.82) is 0 Å². The first-order valence-electron chi connectivity index (χ1n) is 8.29. The standard InChI is InChI=1S/C16H26N2O4S/c1-3-23(19,20)17-8-14-6-7-16(21-10-14)11-18(12-16)9-15-5-4-13(2)22-15/h4-5,14,17H,3,6-12H2,1-2H3. The van der Waals surface area contributed by atoms with Gasteiger partial charge in [0.25, 0.3) is 0 Å². The van der Waals surface area contributed by atoms with E-state index >= 15 is 0 Å². The van der Waals surface area contributed by atoms with E-state index in [1.807, 2.05) is 19.1 Å². The van der Waals surface area contributed by atoms with E-state index in [9.17, 15) is 8.42 Å². The Morgan fingerprint density at radius 1 is 1.39 bits per heavy atom. The Kier molecular flexibility index (Phi) is 4.83. The molecule has 0 radical (unpaired) electrons. The Balaban J connectivity index is 1.40. The fraction of sp³-hybridized carbons (Fsp3) is 0.750. The molecule has 2 fully saturated rings. The molecule has 0 aliphatic carbocycles. The second-order valence-corrected chi connectivity index (χ2v) is 8.90. The molecule has 7 heteroatoms. The molecule has 0 saturated carbocycles. The Labute approximate surface area is 138 Å². The maximum Gasteiger partial charge on any atom is 0.211 e. The van der Waals surface area contributed by atoms with E-state index in [0.717, 1.165) is 44.0 Å². The van der Waals surface area contributed by atoms with Crippen LogP contribution in [0.3, 0.4) is 0 Å². The number of hydrogen-bond acceptors (Lipinski definition) is 5. The molecule has 130 valence electrons. The topological polar surface area (TPSA) is 71.8 Å². The number of rotatable bonds is 6. The fourth-order valence-corrected chi connectivity index (χ4v) is 4.04. The van der Waals surface area contributed by atoms with Crippen LogP contribution in [-0.2, 0) is 21.3 Å². The van der Waals surface area contributed by atoms with Gasteiger partial charge < -0.3 is 9.15 Å². The highest BCUT2D eigenvalue weighted by molar-refractivity contribution is 7.89. The van der Waals surface area contributed by atoms with Crippen molar-refractivity contribution >= 4 is 10.0 Å². The zero-order chi connectivity index (χ0) is 16.5. The van der Waals surface area contributed by atoms with Crippen molar-refractivity contribution in [2.24, 2.45) is 5.92 Å². The van der Waals surface area contributed by atoms with Crippen LogP contribution < -0.4 is 4.72 Å². The average Bonchev–Trinajstić information content (AvgIpc) is 2.90. The number of furan rings is 1. The zero-order valence-corrected chi connectivity index (χ0v) is 14.7. The normalized spacial score (nSPS) is 24.7. The predicted molar refractivity (Wildman–Crippen MR) is 87.6 cm³/mol. The molecule has 1 spiro atoms. The van der Waals surface area contributed by atoms with Crippen LogP contribution in [0.2, 0.25) is 0 Å². The summed E-state index contributed by atoms with van der Waals surface area (Å²) in [4.78, 5) is 2.33. The molecule has 3 heterocycles. The van der Waals surface area contributed by atoms with Crippen LogP contribution in [0, 0.1) is 12.8 Å². The zero-order valence-electron chi connectivity index (χ0n) is 13.9. The van der Waals surface area contributed by atoms with E-state index in [0.29, 0.717) is 13.2 Å². The Morgan fingerprint density at radius 2 is 2.17 bits per heavy atom. The minimum atomic E-state index is -3.10. The third-order valence-corrected chi connectivity index (χ3v) is 6.17. The summed E-state index contributed by atoms with van der Waals surface area (Å²) < 4.78 is 37.3. The molecule has 2 aliphatic rings. The molecule has 23 heavy (non-hydrogen) atoms. The summed E-state index contributed by atoms with van der Waals surface area (Å²) >= 11 is 0. The number of nitrogens with zero attached hydrogens (tertiary/aromatic N) is 1. The maximum atomic E-state index is 11.5. The third kappa shape index (κ3) is 4.15. The van der Waals surface area contributed by atoms with Gasteiger partial charge in [0.05, 0.1) is 24.5 Å². The van der Waals surface area contributed by atoms with Crippen LogP contribution >= 0.6 is 0 Å². The van der Waals surface area contributed by atoms with Gasteiger partial charge >= 0.3 is 0 Å². The summed E-state index contributed by atoms with van der Waals surface area (Å²) in [6.07, 6.45) is 2.01. The second kappa shape index (κ2) is 6.55. The minimum absolute atomic E-state index is 0.0260. The van der Waals surface area contributed by atoms with E-state index in [4.69, 9.17) is 9.15 Å². The number of ether oxygens (including phenoxy) is 1. The van der Waals surface area contributed by atoms with Gasteiger partial charge in [-0.25, -0.2) is 13.1 Å². The lowest BCUT2D eigenvalue weighted by molar-refractivity contribution is -0.181. The van der Waals surface area contributed by atoms with E-state index in [2.05, 4.69) is 9.62 Å². The molecule has 0 aromatic carbocycles. The highest BCUT2D eigenvalue weighted by atomic mass is 32.2. The van der Waals surface area contributed by atoms with E-state index < -0.39 is 10.0 Å². The highest BCUT2D eigenvalue weighted by Crippen LogP contribution is 2.36. The molecule has 1 aromatic heterocycles. The fourth-order valence-electron chi connectivity index (χ4n) is 3.35. The molecule has 0 amide bonds. The van der Waals surface area contributed by atoms with E-state index in [1.54, 1.807) is 6.92 Å². The van der Waals surface area contributed by atoms with Crippen molar-refractivity contribution in [3.8, 4) is 0 Å². The molecule has 2 saturated heterocycles. The summed E-state index contributed by atoms with van der Waals surface area (Å²) in [5, 5.41) is 0. The van der Waals surface area contributed by atoms with Crippen molar-refractivity contribution in [1.82, 2.24) is 9.62 Å². The number of sulfonamides is 1. The average molecular weight is 342 g/mol. The summed E-state index contributed by atoms with van der Waals surface area (Å²) in [6, 6.07) is 4.02. The molecule has 1 unspecified atom stereocenters. The van der Waals surface area contributed by atoms with Gasteiger partial charge in [-0.05, 0) is 44.7 Å². The Bertz CT molecular complexity index is 624. The molecule has 1 aromatic rings. The Morgan fingerprint density at radius 3 is 2.74 bits per heavy atom. The van der Waals surface area contributed by atoms with Crippen molar-refractivity contribution in [2.45, 2.75) is 38.8 Å². The summed E-state index contributed by atoms with van der Waals surface area (Å²) in [5.74, 6) is 2.36. The van der Waals surface area contributed by atoms with Crippen molar-refractivity contribution < 1.29 is 17.6 Å². The van der Waals surface area contributed by atoms with Crippen molar-refractivity contribution in [3.63, 3.8) is 0 Å².